The highest BCUT2D eigenvalue weighted by atomic mass is 16.2. The van der Waals surface area contributed by atoms with Gasteiger partial charge in [0.15, 0.2) is 5.69 Å². The van der Waals surface area contributed by atoms with E-state index in [9.17, 15) is 4.79 Å². The third-order valence-electron chi connectivity index (χ3n) is 3.67. The number of hydrogen-bond donors (Lipinski definition) is 2. The molecule has 0 radical (unpaired) electrons. The smallest absolute Gasteiger partial charge is 0.278 e. The second kappa shape index (κ2) is 5.65. The number of aryl methyl sites for hydroxylation is 2. The van der Waals surface area contributed by atoms with E-state index < -0.39 is 0 Å². The van der Waals surface area contributed by atoms with E-state index in [1.807, 2.05) is 13.0 Å². The number of nitrogens with one attached hydrogen (secondary N) is 2. The predicted octanol–water partition coefficient (Wildman–Crippen LogP) is 0.497. The minimum atomic E-state index is -0.266. The van der Waals surface area contributed by atoms with Crippen molar-refractivity contribution in [2.45, 2.75) is 25.8 Å². The van der Waals surface area contributed by atoms with Crippen LogP contribution in [0.2, 0.25) is 0 Å². The number of carbonyl (C=O) groups excluding carboxylic acids is 1. The fraction of sp³-hybridized carbons (Fsp3) is 0.538. The van der Waals surface area contributed by atoms with Gasteiger partial charge in [0.2, 0.25) is 0 Å². The Morgan fingerprint density at radius 2 is 2.19 bits per heavy atom. The second-order valence-corrected chi connectivity index (χ2v) is 5.31. The summed E-state index contributed by atoms with van der Waals surface area (Å²) in [5.74, 6) is 0.382. The number of anilines is 1. The first-order chi connectivity index (χ1) is 10.1. The molecule has 1 fully saturated rings. The maximum atomic E-state index is 12.2. The molecule has 1 saturated heterocycles. The fourth-order valence-electron chi connectivity index (χ4n) is 2.54. The number of aromatic nitrogens is 5. The SMILES string of the molecule is Cc1cc(NC(=O)c2cn(C3CCNCC3)nn2)n(C)n1. The Hall–Kier alpha value is -2.22. The van der Waals surface area contributed by atoms with E-state index >= 15 is 0 Å². The first-order valence-electron chi connectivity index (χ1n) is 7.08. The zero-order valence-electron chi connectivity index (χ0n) is 12.2. The number of hydrogen-bond acceptors (Lipinski definition) is 5. The molecule has 0 atom stereocenters. The van der Waals surface area contributed by atoms with Crippen molar-refractivity contribution in [3.05, 3.63) is 23.7 Å². The molecule has 8 heteroatoms. The van der Waals surface area contributed by atoms with E-state index in [1.54, 1.807) is 22.6 Å². The van der Waals surface area contributed by atoms with Gasteiger partial charge in [-0.2, -0.15) is 5.10 Å². The minimum Gasteiger partial charge on any atom is -0.317 e. The highest BCUT2D eigenvalue weighted by molar-refractivity contribution is 6.02. The molecule has 112 valence electrons. The summed E-state index contributed by atoms with van der Waals surface area (Å²) in [6, 6.07) is 2.13. The first kappa shape index (κ1) is 13.7. The quantitative estimate of drug-likeness (QED) is 0.858. The van der Waals surface area contributed by atoms with E-state index in [0.29, 0.717) is 17.6 Å². The summed E-state index contributed by atoms with van der Waals surface area (Å²) < 4.78 is 3.43. The highest BCUT2D eigenvalue weighted by Crippen LogP contribution is 2.17. The van der Waals surface area contributed by atoms with Crippen LogP contribution in [0.1, 0.15) is 35.1 Å². The molecule has 8 nitrogen and oxygen atoms in total. The Kier molecular flexibility index (Phi) is 3.70. The molecule has 2 aromatic heterocycles. The van der Waals surface area contributed by atoms with E-state index in [4.69, 9.17) is 0 Å². The molecule has 0 aromatic carbocycles. The zero-order chi connectivity index (χ0) is 14.8. The lowest BCUT2D eigenvalue weighted by Crippen LogP contribution is -2.29. The van der Waals surface area contributed by atoms with Crippen molar-refractivity contribution in [3.63, 3.8) is 0 Å². The molecule has 2 N–H and O–H groups in total. The maximum Gasteiger partial charge on any atom is 0.278 e. The molecule has 1 amide bonds. The van der Waals surface area contributed by atoms with Gasteiger partial charge in [0.05, 0.1) is 17.9 Å². The Balaban J connectivity index is 1.70. The van der Waals surface area contributed by atoms with Gasteiger partial charge in [0, 0.05) is 13.1 Å². The van der Waals surface area contributed by atoms with E-state index in [1.165, 1.54) is 0 Å². The van der Waals surface area contributed by atoms with Crippen LogP contribution in [0.25, 0.3) is 0 Å². The van der Waals surface area contributed by atoms with Crippen molar-refractivity contribution in [1.82, 2.24) is 30.1 Å². The normalized spacial score (nSPS) is 16.1. The average molecular weight is 289 g/mol. The van der Waals surface area contributed by atoms with Crippen LogP contribution in [0.5, 0.6) is 0 Å². The molecule has 0 aliphatic carbocycles. The van der Waals surface area contributed by atoms with Crippen molar-refractivity contribution in [1.29, 1.82) is 0 Å². The van der Waals surface area contributed by atoms with Gasteiger partial charge < -0.3 is 10.6 Å². The number of amides is 1. The van der Waals surface area contributed by atoms with Crippen LogP contribution in [-0.2, 0) is 7.05 Å². The fourth-order valence-corrected chi connectivity index (χ4v) is 2.54. The summed E-state index contributed by atoms with van der Waals surface area (Å²) >= 11 is 0. The summed E-state index contributed by atoms with van der Waals surface area (Å²) in [5.41, 5.74) is 1.18. The van der Waals surface area contributed by atoms with Crippen LogP contribution in [0, 0.1) is 6.92 Å². The van der Waals surface area contributed by atoms with Crippen LogP contribution in [0.4, 0.5) is 5.82 Å². The Bertz CT molecular complexity index is 639. The Morgan fingerprint density at radius 1 is 1.43 bits per heavy atom. The molecule has 3 rings (SSSR count). The van der Waals surface area contributed by atoms with E-state index in [-0.39, 0.29) is 5.91 Å². The lowest BCUT2D eigenvalue weighted by Gasteiger charge is -2.22. The molecule has 0 unspecified atom stereocenters. The summed E-state index contributed by atoms with van der Waals surface area (Å²) in [6.45, 7) is 3.82. The summed E-state index contributed by atoms with van der Waals surface area (Å²) in [4.78, 5) is 12.2. The Morgan fingerprint density at radius 3 is 2.86 bits per heavy atom. The number of rotatable bonds is 3. The van der Waals surface area contributed by atoms with Gasteiger partial charge >= 0.3 is 0 Å². The van der Waals surface area contributed by atoms with Crippen LogP contribution in [0.3, 0.4) is 0 Å². The van der Waals surface area contributed by atoms with Gasteiger partial charge in [-0.15, -0.1) is 5.10 Å². The molecular formula is C13H19N7O. The van der Waals surface area contributed by atoms with Crippen molar-refractivity contribution in [3.8, 4) is 0 Å². The van der Waals surface area contributed by atoms with Gasteiger partial charge in [0.1, 0.15) is 5.82 Å². The van der Waals surface area contributed by atoms with Crippen LogP contribution >= 0.6 is 0 Å². The number of nitrogens with zero attached hydrogens (tertiary/aromatic N) is 5. The molecule has 1 aliphatic rings. The topological polar surface area (TPSA) is 89.7 Å². The van der Waals surface area contributed by atoms with E-state index in [0.717, 1.165) is 31.6 Å². The molecular weight excluding hydrogens is 270 g/mol. The molecule has 21 heavy (non-hydrogen) atoms. The zero-order valence-corrected chi connectivity index (χ0v) is 12.2. The van der Waals surface area contributed by atoms with Crippen LogP contribution < -0.4 is 10.6 Å². The van der Waals surface area contributed by atoms with E-state index in [2.05, 4.69) is 26.0 Å². The van der Waals surface area contributed by atoms with Gasteiger partial charge in [-0.3, -0.25) is 9.48 Å². The van der Waals surface area contributed by atoms with Gasteiger partial charge in [-0.05, 0) is 32.9 Å². The third kappa shape index (κ3) is 2.94. The third-order valence-corrected chi connectivity index (χ3v) is 3.67. The first-order valence-corrected chi connectivity index (χ1v) is 7.08. The van der Waals surface area contributed by atoms with Crippen molar-refractivity contribution in [2.75, 3.05) is 18.4 Å². The lowest BCUT2D eigenvalue weighted by molar-refractivity contribution is 0.102. The van der Waals surface area contributed by atoms with Crippen LogP contribution in [-0.4, -0.2) is 43.8 Å². The molecule has 0 saturated carbocycles. The van der Waals surface area contributed by atoms with Crippen molar-refractivity contribution < 1.29 is 4.79 Å². The predicted molar refractivity (Wildman–Crippen MR) is 77.1 cm³/mol. The largest absolute Gasteiger partial charge is 0.317 e. The highest BCUT2D eigenvalue weighted by Gasteiger charge is 2.19. The Labute approximate surface area is 122 Å². The van der Waals surface area contributed by atoms with Crippen molar-refractivity contribution >= 4 is 11.7 Å². The summed E-state index contributed by atoms with van der Waals surface area (Å²) in [7, 11) is 1.79. The monoisotopic (exact) mass is 289 g/mol. The van der Waals surface area contributed by atoms with Crippen LogP contribution in [0.15, 0.2) is 12.3 Å². The molecule has 0 spiro atoms. The lowest BCUT2D eigenvalue weighted by atomic mass is 10.1. The number of piperidine rings is 1. The van der Waals surface area contributed by atoms with Gasteiger partial charge in [0.25, 0.3) is 5.91 Å². The summed E-state index contributed by atoms with van der Waals surface area (Å²) in [5, 5.41) is 18.4. The minimum absolute atomic E-state index is 0.266. The maximum absolute atomic E-state index is 12.2. The molecule has 2 aromatic rings. The summed E-state index contributed by atoms with van der Waals surface area (Å²) in [6.07, 6.45) is 3.73. The molecule has 3 heterocycles. The molecule has 1 aliphatic heterocycles. The number of carbonyl (C=O) groups is 1. The van der Waals surface area contributed by atoms with Gasteiger partial charge in [-0.1, -0.05) is 5.21 Å². The second-order valence-electron chi connectivity index (χ2n) is 5.31. The molecule has 0 bridgehead atoms. The average Bonchev–Trinajstić information content (AvgIpc) is 3.07. The standard InChI is InChI=1S/C13H19N7O/c1-9-7-12(19(2)17-9)15-13(21)11-8-20(18-16-11)10-3-5-14-6-4-10/h7-8,10,14H,3-6H2,1-2H3,(H,15,21). The van der Waals surface area contributed by atoms with Gasteiger partial charge in [-0.25, -0.2) is 4.68 Å². The van der Waals surface area contributed by atoms with Crippen molar-refractivity contribution in [2.24, 2.45) is 7.05 Å².